The lowest BCUT2D eigenvalue weighted by molar-refractivity contribution is -0.133. The number of rotatable bonds is 6. The first-order valence-corrected chi connectivity index (χ1v) is 9.53. The molecule has 1 aliphatic rings. The van der Waals surface area contributed by atoms with Crippen molar-refractivity contribution in [3.8, 4) is 10.4 Å². The van der Waals surface area contributed by atoms with Crippen molar-refractivity contribution in [2.75, 3.05) is 32.7 Å². The van der Waals surface area contributed by atoms with Crippen LogP contribution in [0, 0.1) is 5.82 Å². The maximum Gasteiger partial charge on any atom is 0.222 e. The van der Waals surface area contributed by atoms with Crippen LogP contribution in [-0.4, -0.2) is 48.4 Å². The van der Waals surface area contributed by atoms with E-state index >= 15 is 0 Å². The van der Waals surface area contributed by atoms with Gasteiger partial charge in [0.25, 0.3) is 0 Å². The van der Waals surface area contributed by atoms with Gasteiger partial charge in [-0.25, -0.2) is 4.39 Å². The van der Waals surface area contributed by atoms with Crippen LogP contribution in [0.15, 0.2) is 36.4 Å². The van der Waals surface area contributed by atoms with Gasteiger partial charge in [-0.15, -0.1) is 11.3 Å². The second kappa shape index (κ2) is 8.56. The van der Waals surface area contributed by atoms with Crippen LogP contribution in [0.1, 0.15) is 17.7 Å². The van der Waals surface area contributed by atoms with E-state index in [2.05, 4.69) is 11.0 Å². The number of halogens is 1. The van der Waals surface area contributed by atoms with Crippen molar-refractivity contribution < 1.29 is 9.18 Å². The Kier molecular flexibility index (Phi) is 6.18. The largest absolute Gasteiger partial charge is 0.340 e. The number of piperazine rings is 1. The van der Waals surface area contributed by atoms with Crippen molar-refractivity contribution in [2.24, 2.45) is 5.73 Å². The van der Waals surface area contributed by atoms with Gasteiger partial charge in [0.05, 0.1) is 0 Å². The van der Waals surface area contributed by atoms with E-state index in [4.69, 9.17) is 5.73 Å². The fraction of sp³-hybridized carbons (Fsp3) is 0.421. The molecule has 0 atom stereocenters. The van der Waals surface area contributed by atoms with Gasteiger partial charge in [-0.05, 0) is 31.2 Å². The highest BCUT2D eigenvalue weighted by Crippen LogP contribution is 2.30. The Morgan fingerprint density at radius 2 is 1.88 bits per heavy atom. The third kappa shape index (κ3) is 4.66. The maximum absolute atomic E-state index is 13.9. The molecule has 1 amide bonds. The third-order valence-electron chi connectivity index (χ3n) is 4.50. The molecule has 3 rings (SSSR count). The van der Waals surface area contributed by atoms with Crippen LogP contribution in [-0.2, 0) is 11.3 Å². The fourth-order valence-corrected chi connectivity index (χ4v) is 4.13. The quantitative estimate of drug-likeness (QED) is 0.861. The first kappa shape index (κ1) is 18.0. The summed E-state index contributed by atoms with van der Waals surface area (Å²) in [7, 11) is 0. The first-order chi connectivity index (χ1) is 12.2. The molecule has 0 bridgehead atoms. The van der Waals surface area contributed by atoms with Gasteiger partial charge < -0.3 is 10.6 Å². The van der Waals surface area contributed by atoms with Gasteiger partial charge in [-0.2, -0.15) is 0 Å². The van der Waals surface area contributed by atoms with Gasteiger partial charge in [0.2, 0.25) is 5.91 Å². The number of hydrogen-bond acceptors (Lipinski definition) is 4. The number of thiophene rings is 1. The standard InChI is InChI=1S/C19H24FN3OS/c20-17-5-2-1-4-16(17)18-8-7-15(25-18)14-22-10-12-23(13-11-22)19(24)6-3-9-21/h1-2,4-5,7-8H,3,6,9-14,21H2. The summed E-state index contributed by atoms with van der Waals surface area (Å²) < 4.78 is 13.9. The van der Waals surface area contributed by atoms with Gasteiger partial charge in [0.1, 0.15) is 5.82 Å². The average Bonchev–Trinajstić information content (AvgIpc) is 3.09. The number of benzene rings is 1. The predicted octanol–water partition coefficient (Wildman–Crippen LogP) is 2.94. The van der Waals surface area contributed by atoms with Crippen LogP contribution in [0.4, 0.5) is 4.39 Å². The molecule has 134 valence electrons. The highest BCUT2D eigenvalue weighted by atomic mass is 32.1. The van der Waals surface area contributed by atoms with E-state index in [9.17, 15) is 9.18 Å². The molecule has 2 heterocycles. The minimum absolute atomic E-state index is 0.180. The molecule has 1 aromatic carbocycles. The lowest BCUT2D eigenvalue weighted by atomic mass is 10.2. The molecule has 0 radical (unpaired) electrons. The second-order valence-electron chi connectivity index (χ2n) is 6.29. The summed E-state index contributed by atoms with van der Waals surface area (Å²) in [5, 5.41) is 0. The van der Waals surface area contributed by atoms with Crippen LogP contribution in [0.3, 0.4) is 0 Å². The molecule has 0 spiro atoms. The maximum atomic E-state index is 13.9. The Morgan fingerprint density at radius 3 is 2.60 bits per heavy atom. The summed E-state index contributed by atoms with van der Waals surface area (Å²) in [6, 6.07) is 10.9. The van der Waals surface area contributed by atoms with Crippen LogP contribution in [0.2, 0.25) is 0 Å². The fourth-order valence-electron chi connectivity index (χ4n) is 3.06. The van der Waals surface area contributed by atoms with Crippen LogP contribution in [0.25, 0.3) is 10.4 Å². The number of nitrogens with zero attached hydrogens (tertiary/aromatic N) is 2. The summed E-state index contributed by atoms with van der Waals surface area (Å²) in [5.74, 6) is 0.0311. The Morgan fingerprint density at radius 1 is 1.12 bits per heavy atom. The zero-order valence-corrected chi connectivity index (χ0v) is 15.1. The molecule has 1 aliphatic heterocycles. The van der Waals surface area contributed by atoms with Crippen molar-refractivity contribution in [3.05, 3.63) is 47.1 Å². The van der Waals surface area contributed by atoms with Crippen LogP contribution >= 0.6 is 11.3 Å². The van der Waals surface area contributed by atoms with Crippen molar-refractivity contribution in [3.63, 3.8) is 0 Å². The third-order valence-corrected chi connectivity index (χ3v) is 5.60. The average molecular weight is 361 g/mol. The van der Waals surface area contributed by atoms with Crippen LogP contribution in [0.5, 0.6) is 0 Å². The second-order valence-corrected chi connectivity index (χ2v) is 7.46. The number of carbonyl (C=O) groups is 1. The highest BCUT2D eigenvalue weighted by molar-refractivity contribution is 7.15. The predicted molar refractivity (Wildman–Crippen MR) is 99.9 cm³/mol. The Hall–Kier alpha value is -1.76. The molecule has 2 aromatic rings. The summed E-state index contributed by atoms with van der Waals surface area (Å²) in [6.45, 7) is 4.71. The van der Waals surface area contributed by atoms with Crippen molar-refractivity contribution >= 4 is 17.2 Å². The molecule has 25 heavy (non-hydrogen) atoms. The van der Waals surface area contributed by atoms with E-state index in [0.717, 1.165) is 44.0 Å². The molecular formula is C19H24FN3OS. The molecule has 2 N–H and O–H groups in total. The van der Waals surface area contributed by atoms with Gasteiger partial charge >= 0.3 is 0 Å². The minimum atomic E-state index is -0.180. The topological polar surface area (TPSA) is 49.6 Å². The number of nitrogens with two attached hydrogens (primary N) is 1. The first-order valence-electron chi connectivity index (χ1n) is 8.71. The van der Waals surface area contributed by atoms with Gasteiger partial charge in [-0.1, -0.05) is 18.2 Å². The van der Waals surface area contributed by atoms with Crippen LogP contribution < -0.4 is 5.73 Å². The van der Waals surface area contributed by atoms with Gasteiger partial charge in [0.15, 0.2) is 0 Å². The lowest BCUT2D eigenvalue weighted by Crippen LogP contribution is -2.48. The molecular weight excluding hydrogens is 337 g/mol. The molecule has 6 heteroatoms. The number of hydrogen-bond donors (Lipinski definition) is 1. The van der Waals surface area contributed by atoms with E-state index in [0.29, 0.717) is 18.5 Å². The van der Waals surface area contributed by atoms with Crippen molar-refractivity contribution in [1.82, 2.24) is 9.80 Å². The zero-order valence-electron chi connectivity index (χ0n) is 14.3. The molecule has 1 aromatic heterocycles. The molecule has 0 unspecified atom stereocenters. The molecule has 1 saturated heterocycles. The SMILES string of the molecule is NCCCC(=O)N1CCN(Cc2ccc(-c3ccccc3F)s2)CC1. The van der Waals surface area contributed by atoms with E-state index in [1.165, 1.54) is 10.9 Å². The summed E-state index contributed by atoms with van der Waals surface area (Å²) in [6.07, 6.45) is 1.31. The Bertz CT molecular complexity index is 710. The minimum Gasteiger partial charge on any atom is -0.340 e. The van der Waals surface area contributed by atoms with E-state index < -0.39 is 0 Å². The Labute approximate surface area is 152 Å². The lowest BCUT2D eigenvalue weighted by Gasteiger charge is -2.34. The smallest absolute Gasteiger partial charge is 0.222 e. The molecule has 0 saturated carbocycles. The van der Waals surface area contributed by atoms with Crippen molar-refractivity contribution in [2.45, 2.75) is 19.4 Å². The number of amides is 1. The summed E-state index contributed by atoms with van der Waals surface area (Å²) in [4.78, 5) is 18.5. The molecule has 1 fully saturated rings. The Balaban J connectivity index is 1.53. The normalized spacial score (nSPS) is 15.5. The zero-order chi connectivity index (χ0) is 17.6. The van der Waals surface area contributed by atoms with E-state index in [1.807, 2.05) is 23.1 Å². The number of carbonyl (C=O) groups excluding carboxylic acids is 1. The summed E-state index contributed by atoms with van der Waals surface area (Å²) in [5.41, 5.74) is 6.13. The highest BCUT2D eigenvalue weighted by Gasteiger charge is 2.21. The molecule has 4 nitrogen and oxygen atoms in total. The summed E-state index contributed by atoms with van der Waals surface area (Å²) >= 11 is 1.64. The van der Waals surface area contributed by atoms with E-state index in [1.54, 1.807) is 17.4 Å². The van der Waals surface area contributed by atoms with Crippen molar-refractivity contribution in [1.29, 1.82) is 0 Å². The van der Waals surface area contributed by atoms with E-state index in [-0.39, 0.29) is 11.7 Å². The molecule has 0 aliphatic carbocycles. The monoisotopic (exact) mass is 361 g/mol. The van der Waals surface area contributed by atoms with Gasteiger partial charge in [0, 0.05) is 54.5 Å². The van der Waals surface area contributed by atoms with Gasteiger partial charge in [-0.3, -0.25) is 9.69 Å².